The van der Waals surface area contributed by atoms with Crippen LogP contribution in [0.4, 0.5) is 0 Å². The summed E-state index contributed by atoms with van der Waals surface area (Å²) in [6.45, 7) is 4.89. The molecule has 0 saturated carbocycles. The van der Waals surface area contributed by atoms with Crippen LogP contribution in [0.25, 0.3) is 5.70 Å². The van der Waals surface area contributed by atoms with Crippen LogP contribution in [0, 0.1) is 11.3 Å². The SMILES string of the molecule is CN=CC(C1=CNC2=CC=C(N=C(N)C=C(C=N)C(C)C)NC2=C1)=C(N)c1ccc(CN(C)C)cc1. The summed E-state index contributed by atoms with van der Waals surface area (Å²) < 4.78 is 0. The monoisotopic (exact) mass is 484 g/mol. The van der Waals surface area contributed by atoms with E-state index in [1.165, 1.54) is 11.8 Å². The van der Waals surface area contributed by atoms with Gasteiger partial charge in [0.15, 0.2) is 0 Å². The van der Waals surface area contributed by atoms with Crippen molar-refractivity contribution in [1.82, 2.24) is 15.5 Å². The van der Waals surface area contributed by atoms with E-state index in [4.69, 9.17) is 16.9 Å². The van der Waals surface area contributed by atoms with Gasteiger partial charge in [-0.15, -0.1) is 0 Å². The molecule has 0 radical (unpaired) electrons. The van der Waals surface area contributed by atoms with Crippen LogP contribution in [0.5, 0.6) is 0 Å². The maximum absolute atomic E-state index is 7.56. The molecule has 0 aromatic heterocycles. The van der Waals surface area contributed by atoms with Crippen LogP contribution in [-0.2, 0) is 6.54 Å². The van der Waals surface area contributed by atoms with E-state index in [9.17, 15) is 0 Å². The maximum Gasteiger partial charge on any atom is 0.132 e. The summed E-state index contributed by atoms with van der Waals surface area (Å²) in [4.78, 5) is 10.9. The number of fused-ring (bicyclic) bond motifs is 1. The predicted molar refractivity (Wildman–Crippen MR) is 151 cm³/mol. The Morgan fingerprint density at radius 2 is 1.83 bits per heavy atom. The first kappa shape index (κ1) is 26.4. The number of nitrogens with two attached hydrogens (primary N) is 2. The van der Waals surface area contributed by atoms with E-state index in [1.54, 1.807) is 19.3 Å². The van der Waals surface area contributed by atoms with Crippen molar-refractivity contribution in [3.63, 3.8) is 0 Å². The Balaban J connectivity index is 1.88. The molecule has 0 atom stereocenters. The molecule has 0 aliphatic carbocycles. The third-order valence-electron chi connectivity index (χ3n) is 5.66. The number of amidine groups is 1. The summed E-state index contributed by atoms with van der Waals surface area (Å²) in [5.74, 6) is 1.13. The van der Waals surface area contributed by atoms with E-state index in [-0.39, 0.29) is 5.92 Å². The van der Waals surface area contributed by atoms with Crippen LogP contribution < -0.4 is 22.1 Å². The Morgan fingerprint density at radius 3 is 2.44 bits per heavy atom. The van der Waals surface area contributed by atoms with E-state index < -0.39 is 0 Å². The Kier molecular flexibility index (Phi) is 8.81. The highest BCUT2D eigenvalue weighted by molar-refractivity contribution is 5.98. The fraction of sp³-hybridized carbons (Fsp3) is 0.250. The van der Waals surface area contributed by atoms with E-state index >= 15 is 0 Å². The number of benzene rings is 1. The summed E-state index contributed by atoms with van der Waals surface area (Å²) in [6.07, 6.45) is 12.5. The molecule has 8 nitrogen and oxygen atoms in total. The topological polar surface area (TPSA) is 128 Å². The number of aliphatic imine (C=N–C) groups is 2. The minimum Gasteiger partial charge on any atom is -0.398 e. The van der Waals surface area contributed by atoms with Gasteiger partial charge in [0.05, 0.1) is 11.4 Å². The van der Waals surface area contributed by atoms with Crippen LogP contribution in [-0.4, -0.2) is 44.3 Å². The van der Waals surface area contributed by atoms with Gasteiger partial charge in [-0.25, -0.2) is 4.99 Å². The highest BCUT2D eigenvalue weighted by Crippen LogP contribution is 2.26. The third kappa shape index (κ3) is 6.70. The van der Waals surface area contributed by atoms with Gasteiger partial charge in [0.1, 0.15) is 11.7 Å². The normalized spacial score (nSPS) is 17.0. The van der Waals surface area contributed by atoms with Gasteiger partial charge in [-0.2, -0.15) is 0 Å². The smallest absolute Gasteiger partial charge is 0.132 e. The molecule has 0 bridgehead atoms. The first-order chi connectivity index (χ1) is 17.2. The van der Waals surface area contributed by atoms with Crippen molar-refractivity contribution in [2.45, 2.75) is 20.4 Å². The van der Waals surface area contributed by atoms with Gasteiger partial charge in [0, 0.05) is 49.1 Å². The average Bonchev–Trinajstić information content (AvgIpc) is 2.85. The molecule has 3 rings (SSSR count). The molecule has 1 aromatic rings. The minimum atomic E-state index is 0.189. The molecule has 7 N–H and O–H groups in total. The number of allylic oxidation sites excluding steroid dienone is 6. The number of hydrogen-bond acceptors (Lipinski definition) is 7. The quantitative estimate of drug-likeness (QED) is 0.271. The summed E-state index contributed by atoms with van der Waals surface area (Å²) in [5.41, 5.74) is 19.8. The average molecular weight is 485 g/mol. The molecule has 36 heavy (non-hydrogen) atoms. The van der Waals surface area contributed by atoms with E-state index in [2.05, 4.69) is 37.7 Å². The molecule has 0 unspecified atom stereocenters. The van der Waals surface area contributed by atoms with Crippen LogP contribution >= 0.6 is 0 Å². The lowest BCUT2D eigenvalue weighted by Gasteiger charge is -2.24. The van der Waals surface area contributed by atoms with Gasteiger partial charge in [-0.3, -0.25) is 4.99 Å². The van der Waals surface area contributed by atoms with Gasteiger partial charge >= 0.3 is 0 Å². The zero-order chi connectivity index (χ0) is 26.2. The van der Waals surface area contributed by atoms with Crippen molar-refractivity contribution < 1.29 is 0 Å². The lowest BCUT2D eigenvalue weighted by molar-refractivity contribution is 0.402. The zero-order valence-corrected chi connectivity index (χ0v) is 21.6. The number of nitrogens with one attached hydrogen (secondary N) is 3. The van der Waals surface area contributed by atoms with Gasteiger partial charge in [-0.05, 0) is 61.0 Å². The Bertz CT molecular complexity index is 1230. The maximum atomic E-state index is 7.56. The molecule has 1 aromatic carbocycles. The van der Waals surface area contributed by atoms with E-state index in [1.807, 2.05) is 64.5 Å². The zero-order valence-electron chi connectivity index (χ0n) is 21.6. The molecule has 0 spiro atoms. The fourth-order valence-electron chi connectivity index (χ4n) is 3.77. The van der Waals surface area contributed by atoms with Crippen LogP contribution in [0.2, 0.25) is 0 Å². The molecule has 2 aliphatic heterocycles. The van der Waals surface area contributed by atoms with Gasteiger partial charge in [0.25, 0.3) is 0 Å². The summed E-state index contributed by atoms with van der Waals surface area (Å²) >= 11 is 0. The molecule has 2 heterocycles. The van der Waals surface area contributed by atoms with E-state index in [0.29, 0.717) is 17.4 Å². The van der Waals surface area contributed by atoms with Gasteiger partial charge < -0.3 is 32.4 Å². The molecule has 8 heteroatoms. The second-order valence-corrected chi connectivity index (χ2v) is 9.19. The highest BCUT2D eigenvalue weighted by atomic mass is 15.1. The molecule has 2 aliphatic rings. The minimum absolute atomic E-state index is 0.189. The number of nitrogens with zero attached hydrogens (tertiary/aromatic N) is 3. The molecule has 0 fully saturated rings. The van der Waals surface area contributed by atoms with Crippen molar-refractivity contribution in [2.75, 3.05) is 21.1 Å². The van der Waals surface area contributed by atoms with E-state index in [0.717, 1.165) is 40.2 Å². The van der Waals surface area contributed by atoms with Crippen molar-refractivity contribution >= 4 is 24.0 Å². The van der Waals surface area contributed by atoms with Gasteiger partial charge in [-0.1, -0.05) is 38.1 Å². The second kappa shape index (κ2) is 12.0. The summed E-state index contributed by atoms with van der Waals surface area (Å²) in [5, 5.41) is 14.2. The van der Waals surface area contributed by atoms with Crippen LogP contribution in [0.3, 0.4) is 0 Å². The predicted octanol–water partition coefficient (Wildman–Crippen LogP) is 3.41. The highest BCUT2D eigenvalue weighted by Gasteiger charge is 2.18. The Labute approximate surface area is 213 Å². The summed E-state index contributed by atoms with van der Waals surface area (Å²) in [7, 11) is 5.82. The van der Waals surface area contributed by atoms with Crippen LogP contribution in [0.1, 0.15) is 25.0 Å². The first-order valence-electron chi connectivity index (χ1n) is 11.8. The Hall–Kier alpha value is -4.17. The third-order valence-corrected chi connectivity index (χ3v) is 5.66. The fourth-order valence-corrected chi connectivity index (χ4v) is 3.77. The molecule has 0 saturated heterocycles. The molecule has 0 amide bonds. The van der Waals surface area contributed by atoms with Gasteiger partial charge in [0.2, 0.25) is 0 Å². The Morgan fingerprint density at radius 1 is 1.11 bits per heavy atom. The van der Waals surface area contributed by atoms with Crippen molar-refractivity contribution in [3.8, 4) is 0 Å². The largest absolute Gasteiger partial charge is 0.398 e. The van der Waals surface area contributed by atoms with Crippen molar-refractivity contribution in [1.29, 1.82) is 5.41 Å². The lowest BCUT2D eigenvalue weighted by atomic mass is 9.97. The molecular weight excluding hydrogens is 448 g/mol. The number of hydrogen-bond donors (Lipinski definition) is 5. The number of rotatable bonds is 9. The second-order valence-electron chi connectivity index (χ2n) is 9.19. The van der Waals surface area contributed by atoms with Crippen LogP contribution in [0.15, 0.2) is 98.7 Å². The standard InChI is InChI=1S/C28H36N8/c1-18(2)21(14-29)13-26(30)35-27-11-10-24-25(34-27)12-22(15-33-24)23(16-32-3)28(31)20-8-6-19(7-9-20)17-36(4)5/h6-16,18,29,33-34H,17,31H2,1-5H3,(H2,30,35). The number of dihydropyridines is 2. The molecular formula is C28H36N8. The van der Waals surface area contributed by atoms with Crippen molar-refractivity contribution in [3.05, 3.63) is 99.8 Å². The summed E-state index contributed by atoms with van der Waals surface area (Å²) in [6, 6.07) is 8.26. The van der Waals surface area contributed by atoms with Crippen molar-refractivity contribution in [2.24, 2.45) is 27.4 Å². The first-order valence-corrected chi connectivity index (χ1v) is 11.8. The molecule has 188 valence electrons. The lowest BCUT2D eigenvalue weighted by Crippen LogP contribution is -2.27.